The predicted molar refractivity (Wildman–Crippen MR) is 76.5 cm³/mol. The summed E-state index contributed by atoms with van der Waals surface area (Å²) < 4.78 is 1.19. The summed E-state index contributed by atoms with van der Waals surface area (Å²) in [7, 11) is 1.56. The zero-order valence-electron chi connectivity index (χ0n) is 9.88. The van der Waals surface area contributed by atoms with Crippen molar-refractivity contribution in [3.8, 4) is 0 Å². The van der Waals surface area contributed by atoms with Crippen LogP contribution in [-0.2, 0) is 4.79 Å². The second-order valence-corrected chi connectivity index (χ2v) is 4.62. The van der Waals surface area contributed by atoms with E-state index >= 15 is 0 Å². The Morgan fingerprint density at radius 3 is 3.00 bits per heavy atom. The minimum atomic E-state index is 0.213. The van der Waals surface area contributed by atoms with Gasteiger partial charge in [-0.1, -0.05) is 12.1 Å². The van der Waals surface area contributed by atoms with E-state index in [0.29, 0.717) is 5.70 Å². The summed E-state index contributed by atoms with van der Waals surface area (Å²) in [5.41, 5.74) is 6.85. The Balaban J connectivity index is 2.31. The number of guanidine groups is 1. The van der Waals surface area contributed by atoms with Crippen LogP contribution in [0.25, 0.3) is 16.2 Å². The van der Waals surface area contributed by atoms with Gasteiger partial charge in [0.05, 0.1) is 5.70 Å². The summed E-state index contributed by atoms with van der Waals surface area (Å²) in [6.07, 6.45) is 2.46. The van der Waals surface area contributed by atoms with Crippen molar-refractivity contribution >= 4 is 39.7 Å². The number of benzene rings is 1. The van der Waals surface area contributed by atoms with Crippen molar-refractivity contribution in [3.63, 3.8) is 0 Å². The standard InChI is InChI=1S/C13H13N3OS/c1-15-13(14)16-11(8-17)6-9-2-3-10-4-5-18-12(10)7-9/h2-8H,1H3,(H3,14,15,16)/b11-6-. The average molecular weight is 259 g/mol. The molecule has 0 aliphatic heterocycles. The molecule has 0 aliphatic carbocycles. The van der Waals surface area contributed by atoms with E-state index in [1.807, 2.05) is 23.6 Å². The summed E-state index contributed by atoms with van der Waals surface area (Å²) in [6.45, 7) is 0. The Labute approximate surface area is 109 Å². The molecule has 1 aromatic carbocycles. The van der Waals surface area contributed by atoms with Gasteiger partial charge in [-0.05, 0) is 34.5 Å². The molecule has 0 unspecified atom stereocenters. The van der Waals surface area contributed by atoms with E-state index < -0.39 is 0 Å². The summed E-state index contributed by atoms with van der Waals surface area (Å²) >= 11 is 1.67. The number of hydrogen-bond donors (Lipinski definition) is 2. The number of nitrogens with one attached hydrogen (secondary N) is 1. The summed E-state index contributed by atoms with van der Waals surface area (Å²) in [5.74, 6) is 0.213. The van der Waals surface area contributed by atoms with E-state index in [4.69, 9.17) is 5.73 Å². The quantitative estimate of drug-likeness (QED) is 0.383. The minimum Gasteiger partial charge on any atom is -0.370 e. The van der Waals surface area contributed by atoms with E-state index in [2.05, 4.69) is 16.4 Å². The molecule has 0 saturated heterocycles. The van der Waals surface area contributed by atoms with Crippen molar-refractivity contribution in [2.75, 3.05) is 7.05 Å². The Bertz CT molecular complexity index is 628. The van der Waals surface area contributed by atoms with Crippen LogP contribution in [0.2, 0.25) is 0 Å². The molecule has 0 radical (unpaired) electrons. The highest BCUT2D eigenvalue weighted by atomic mass is 32.1. The third-order valence-electron chi connectivity index (χ3n) is 2.44. The zero-order valence-corrected chi connectivity index (χ0v) is 10.7. The van der Waals surface area contributed by atoms with Crippen LogP contribution in [0.15, 0.2) is 40.3 Å². The van der Waals surface area contributed by atoms with Gasteiger partial charge < -0.3 is 11.1 Å². The number of hydrogen-bond acceptors (Lipinski definition) is 3. The second kappa shape index (κ2) is 5.46. The maximum atomic E-state index is 10.9. The van der Waals surface area contributed by atoms with Crippen LogP contribution < -0.4 is 11.1 Å². The number of fused-ring (bicyclic) bond motifs is 1. The number of rotatable bonds is 3. The van der Waals surface area contributed by atoms with Gasteiger partial charge in [0, 0.05) is 11.7 Å². The maximum Gasteiger partial charge on any atom is 0.192 e. The van der Waals surface area contributed by atoms with Gasteiger partial charge in [-0.2, -0.15) is 0 Å². The SMILES string of the molecule is CN=C(N)N/C(C=O)=C\c1ccc2ccsc2c1. The molecule has 92 valence electrons. The lowest BCUT2D eigenvalue weighted by Crippen LogP contribution is -2.31. The number of carbonyl (C=O) groups excluding carboxylic acids is 1. The maximum absolute atomic E-state index is 10.9. The van der Waals surface area contributed by atoms with Crippen molar-refractivity contribution < 1.29 is 4.79 Å². The third kappa shape index (κ3) is 2.75. The van der Waals surface area contributed by atoms with Crippen LogP contribution in [-0.4, -0.2) is 19.3 Å². The fourth-order valence-corrected chi connectivity index (χ4v) is 2.38. The summed E-state index contributed by atoms with van der Waals surface area (Å²) in [5, 5.41) is 5.97. The van der Waals surface area contributed by atoms with Crippen molar-refractivity contribution in [1.82, 2.24) is 5.32 Å². The van der Waals surface area contributed by atoms with Crippen LogP contribution in [0.1, 0.15) is 5.56 Å². The first kappa shape index (κ1) is 12.3. The Morgan fingerprint density at radius 2 is 2.28 bits per heavy atom. The lowest BCUT2D eigenvalue weighted by atomic mass is 10.1. The molecule has 3 N–H and O–H groups in total. The van der Waals surface area contributed by atoms with Crippen LogP contribution in [0.5, 0.6) is 0 Å². The molecule has 0 bridgehead atoms. The van der Waals surface area contributed by atoms with Crippen LogP contribution in [0, 0.1) is 0 Å². The molecule has 1 heterocycles. The number of nitrogens with zero attached hydrogens (tertiary/aromatic N) is 1. The Morgan fingerprint density at radius 1 is 1.44 bits per heavy atom. The first-order chi connectivity index (χ1) is 8.72. The summed E-state index contributed by atoms with van der Waals surface area (Å²) in [6, 6.07) is 8.08. The van der Waals surface area contributed by atoms with Gasteiger partial charge in [0.25, 0.3) is 0 Å². The second-order valence-electron chi connectivity index (χ2n) is 3.67. The van der Waals surface area contributed by atoms with E-state index in [-0.39, 0.29) is 5.96 Å². The van der Waals surface area contributed by atoms with Crippen molar-refractivity contribution in [2.45, 2.75) is 0 Å². The molecule has 5 heteroatoms. The highest BCUT2D eigenvalue weighted by molar-refractivity contribution is 7.17. The Kier molecular flexibility index (Phi) is 3.74. The number of allylic oxidation sites excluding steroid dienone is 1. The normalized spacial score (nSPS) is 12.7. The Hall–Kier alpha value is -2.14. The lowest BCUT2D eigenvalue weighted by Gasteiger charge is -2.03. The predicted octanol–water partition coefficient (Wildman–Crippen LogP) is 1.98. The molecule has 0 spiro atoms. The molecule has 2 rings (SSSR count). The topological polar surface area (TPSA) is 67.5 Å². The molecule has 0 saturated carbocycles. The van der Waals surface area contributed by atoms with E-state index in [1.54, 1.807) is 24.5 Å². The van der Waals surface area contributed by atoms with Crippen LogP contribution >= 0.6 is 11.3 Å². The molecule has 2 aromatic rings. The van der Waals surface area contributed by atoms with E-state index in [0.717, 1.165) is 11.8 Å². The number of thiophene rings is 1. The fraction of sp³-hybridized carbons (Fsp3) is 0.0769. The lowest BCUT2D eigenvalue weighted by molar-refractivity contribution is -0.105. The largest absolute Gasteiger partial charge is 0.370 e. The van der Waals surface area contributed by atoms with Gasteiger partial charge in [0.1, 0.15) is 0 Å². The van der Waals surface area contributed by atoms with Gasteiger partial charge in [-0.15, -0.1) is 11.3 Å². The van der Waals surface area contributed by atoms with Gasteiger partial charge in [0.15, 0.2) is 12.2 Å². The molecule has 0 fully saturated rings. The zero-order chi connectivity index (χ0) is 13.0. The summed E-state index contributed by atoms with van der Waals surface area (Å²) in [4.78, 5) is 14.7. The first-order valence-electron chi connectivity index (χ1n) is 5.36. The molecule has 0 atom stereocenters. The first-order valence-corrected chi connectivity index (χ1v) is 6.24. The van der Waals surface area contributed by atoms with Crippen molar-refractivity contribution in [1.29, 1.82) is 0 Å². The minimum absolute atomic E-state index is 0.213. The van der Waals surface area contributed by atoms with Crippen LogP contribution in [0.4, 0.5) is 0 Å². The number of nitrogens with two attached hydrogens (primary N) is 1. The van der Waals surface area contributed by atoms with E-state index in [9.17, 15) is 4.79 Å². The smallest absolute Gasteiger partial charge is 0.192 e. The third-order valence-corrected chi connectivity index (χ3v) is 3.32. The number of carbonyl (C=O) groups is 1. The number of aliphatic imine (C=N–C) groups is 1. The average Bonchev–Trinajstić information content (AvgIpc) is 2.85. The molecule has 18 heavy (non-hydrogen) atoms. The van der Waals surface area contributed by atoms with Crippen molar-refractivity contribution in [2.24, 2.45) is 10.7 Å². The monoisotopic (exact) mass is 259 g/mol. The molecule has 0 aliphatic rings. The van der Waals surface area contributed by atoms with Crippen molar-refractivity contribution in [3.05, 3.63) is 40.9 Å². The molecule has 4 nitrogen and oxygen atoms in total. The van der Waals surface area contributed by atoms with Gasteiger partial charge >= 0.3 is 0 Å². The highest BCUT2D eigenvalue weighted by Crippen LogP contribution is 2.22. The number of aldehydes is 1. The van der Waals surface area contributed by atoms with Gasteiger partial charge in [-0.25, -0.2) is 0 Å². The molecule has 1 aromatic heterocycles. The molecule has 0 amide bonds. The van der Waals surface area contributed by atoms with Gasteiger partial charge in [-0.3, -0.25) is 9.79 Å². The highest BCUT2D eigenvalue weighted by Gasteiger charge is 1.99. The van der Waals surface area contributed by atoms with E-state index in [1.165, 1.54) is 10.1 Å². The fourth-order valence-electron chi connectivity index (χ4n) is 1.54. The molecular weight excluding hydrogens is 246 g/mol. The van der Waals surface area contributed by atoms with Crippen LogP contribution in [0.3, 0.4) is 0 Å². The molecular formula is C13H13N3OS. The van der Waals surface area contributed by atoms with Gasteiger partial charge in [0.2, 0.25) is 0 Å².